The van der Waals surface area contributed by atoms with Crippen LogP contribution in [0.3, 0.4) is 0 Å². The van der Waals surface area contributed by atoms with E-state index in [1.807, 2.05) is 0 Å². The summed E-state index contributed by atoms with van der Waals surface area (Å²) in [6, 6.07) is 0. The number of hydrogen-bond acceptors (Lipinski definition) is 2. The first-order valence-corrected chi connectivity index (χ1v) is 2.52. The minimum Gasteiger partial charge on any atom is -0.377 e. The average Bonchev–Trinajstić information content (AvgIpc) is 1.86. The van der Waals surface area contributed by atoms with Gasteiger partial charge in [-0.1, -0.05) is 0 Å². The fourth-order valence-electron chi connectivity index (χ4n) is 0.257. The molecule has 60 valence electrons. The third-order valence-electron chi connectivity index (χ3n) is 1.11. The van der Waals surface area contributed by atoms with Gasteiger partial charge in [0.25, 0.3) is 6.43 Å². The molecule has 0 saturated carbocycles. The molecule has 0 radical (unpaired) electrons. The van der Waals surface area contributed by atoms with Crippen LogP contribution in [0, 0.1) is 0 Å². The number of carbonyl (C=O) groups is 1. The van der Waals surface area contributed by atoms with Gasteiger partial charge in [0.15, 0.2) is 12.3 Å². The Hall–Kier alpha value is -0.580. The third-order valence-corrected chi connectivity index (χ3v) is 1.11. The van der Waals surface area contributed by atoms with Gasteiger partial charge in [-0.25, -0.2) is 13.2 Å². The van der Waals surface area contributed by atoms with Gasteiger partial charge in [-0.15, -0.1) is 0 Å². The predicted molar refractivity (Wildman–Crippen MR) is 27.6 cm³/mol. The standard InChI is InChI=1S/C5H7F3O2/c1-5(10,4(7)8)3(9)2-6/h4,10H,2H2,1H3. The lowest BCUT2D eigenvalue weighted by Crippen LogP contribution is -2.43. The Balaban J connectivity index is 4.24. The van der Waals surface area contributed by atoms with Crippen LogP contribution in [0.2, 0.25) is 0 Å². The Kier molecular flexibility index (Phi) is 2.83. The molecule has 0 aromatic rings. The molecule has 0 aromatic carbocycles. The largest absolute Gasteiger partial charge is 0.377 e. The molecule has 0 heterocycles. The van der Waals surface area contributed by atoms with Crippen LogP contribution in [0.1, 0.15) is 6.92 Å². The first-order valence-electron chi connectivity index (χ1n) is 2.52. The van der Waals surface area contributed by atoms with E-state index in [0.717, 1.165) is 0 Å². The Morgan fingerprint density at radius 3 is 2.20 bits per heavy atom. The van der Waals surface area contributed by atoms with Gasteiger partial charge in [-0.3, -0.25) is 4.79 Å². The minimum atomic E-state index is -3.24. The van der Waals surface area contributed by atoms with Crippen molar-refractivity contribution in [3.8, 4) is 0 Å². The highest BCUT2D eigenvalue weighted by atomic mass is 19.3. The molecule has 1 unspecified atom stereocenters. The zero-order valence-corrected chi connectivity index (χ0v) is 5.27. The van der Waals surface area contributed by atoms with Crippen molar-refractivity contribution < 1.29 is 23.1 Å². The lowest BCUT2D eigenvalue weighted by Gasteiger charge is -2.17. The number of alkyl halides is 3. The molecule has 10 heavy (non-hydrogen) atoms. The lowest BCUT2D eigenvalue weighted by atomic mass is 10.0. The van der Waals surface area contributed by atoms with E-state index in [9.17, 15) is 18.0 Å². The zero-order chi connectivity index (χ0) is 8.36. The fourth-order valence-corrected chi connectivity index (χ4v) is 0.257. The lowest BCUT2D eigenvalue weighted by molar-refractivity contribution is -0.152. The van der Waals surface area contributed by atoms with Gasteiger partial charge in [0.1, 0.15) is 0 Å². The highest BCUT2D eigenvalue weighted by Crippen LogP contribution is 2.15. The molecule has 0 aliphatic heterocycles. The maximum atomic E-state index is 11.6. The summed E-state index contributed by atoms with van der Waals surface area (Å²) in [5.41, 5.74) is -2.84. The summed E-state index contributed by atoms with van der Waals surface area (Å²) in [4.78, 5) is 10.2. The Bertz CT molecular complexity index is 133. The number of carbonyl (C=O) groups excluding carboxylic acids is 1. The summed E-state index contributed by atoms with van der Waals surface area (Å²) in [7, 11) is 0. The van der Waals surface area contributed by atoms with Gasteiger partial charge < -0.3 is 5.11 Å². The van der Waals surface area contributed by atoms with Gasteiger partial charge >= 0.3 is 0 Å². The molecule has 0 bridgehead atoms. The van der Waals surface area contributed by atoms with Crippen LogP contribution < -0.4 is 0 Å². The van der Waals surface area contributed by atoms with Crippen LogP contribution >= 0.6 is 0 Å². The van der Waals surface area contributed by atoms with Gasteiger partial charge in [-0.2, -0.15) is 0 Å². The first-order chi connectivity index (χ1) is 4.42. The van der Waals surface area contributed by atoms with Crippen molar-refractivity contribution in [2.24, 2.45) is 0 Å². The monoisotopic (exact) mass is 156 g/mol. The highest BCUT2D eigenvalue weighted by molar-refractivity contribution is 5.88. The molecule has 0 rings (SSSR count). The molecular weight excluding hydrogens is 149 g/mol. The molecule has 0 aliphatic rings. The molecular formula is C5H7F3O2. The summed E-state index contributed by atoms with van der Waals surface area (Å²) in [6.45, 7) is -0.989. The van der Waals surface area contributed by atoms with Crippen molar-refractivity contribution in [1.29, 1.82) is 0 Å². The summed E-state index contributed by atoms with van der Waals surface area (Å²) >= 11 is 0. The zero-order valence-electron chi connectivity index (χ0n) is 5.27. The summed E-state index contributed by atoms with van der Waals surface area (Å²) in [5, 5.41) is 8.52. The average molecular weight is 156 g/mol. The molecule has 1 atom stereocenters. The van der Waals surface area contributed by atoms with Crippen molar-refractivity contribution in [3.63, 3.8) is 0 Å². The van der Waals surface area contributed by atoms with E-state index in [1.165, 1.54) is 0 Å². The van der Waals surface area contributed by atoms with Crippen molar-refractivity contribution in [1.82, 2.24) is 0 Å². The van der Waals surface area contributed by atoms with Crippen molar-refractivity contribution in [2.45, 2.75) is 19.0 Å². The first kappa shape index (κ1) is 9.42. The third kappa shape index (κ3) is 1.70. The number of halogens is 3. The number of ketones is 1. The van der Waals surface area contributed by atoms with Gasteiger partial charge in [0.2, 0.25) is 5.78 Å². The summed E-state index contributed by atoms with van der Waals surface area (Å²) in [5.74, 6) is -1.50. The van der Waals surface area contributed by atoms with Crippen LogP contribution in [-0.2, 0) is 4.79 Å². The molecule has 0 spiro atoms. The van der Waals surface area contributed by atoms with Crippen LogP contribution in [-0.4, -0.2) is 29.6 Å². The molecule has 1 N–H and O–H groups in total. The van der Waals surface area contributed by atoms with Gasteiger partial charge in [-0.05, 0) is 6.92 Å². The maximum Gasteiger partial charge on any atom is 0.273 e. The number of rotatable bonds is 3. The quantitative estimate of drug-likeness (QED) is 0.647. The highest BCUT2D eigenvalue weighted by Gasteiger charge is 2.39. The van der Waals surface area contributed by atoms with Crippen LogP contribution in [0.15, 0.2) is 0 Å². The second-order valence-corrected chi connectivity index (χ2v) is 2.01. The van der Waals surface area contributed by atoms with E-state index in [4.69, 9.17) is 5.11 Å². The SMILES string of the molecule is CC(O)(C(=O)CF)C(F)F. The van der Waals surface area contributed by atoms with Gasteiger partial charge in [0.05, 0.1) is 0 Å². The maximum absolute atomic E-state index is 11.6. The van der Waals surface area contributed by atoms with E-state index in [2.05, 4.69) is 0 Å². The molecule has 2 nitrogen and oxygen atoms in total. The Morgan fingerprint density at radius 1 is 1.70 bits per heavy atom. The van der Waals surface area contributed by atoms with E-state index < -0.39 is 24.5 Å². The van der Waals surface area contributed by atoms with E-state index in [1.54, 1.807) is 0 Å². The molecule has 0 amide bonds. The molecule has 5 heteroatoms. The summed E-state index contributed by atoms with van der Waals surface area (Å²) < 4.78 is 34.6. The van der Waals surface area contributed by atoms with Crippen molar-refractivity contribution in [3.05, 3.63) is 0 Å². The van der Waals surface area contributed by atoms with E-state index in [-0.39, 0.29) is 0 Å². The number of hydrogen-bond donors (Lipinski definition) is 1. The Morgan fingerprint density at radius 2 is 2.10 bits per heavy atom. The smallest absolute Gasteiger partial charge is 0.273 e. The Labute approximate surface area is 55.7 Å². The van der Waals surface area contributed by atoms with Gasteiger partial charge in [0, 0.05) is 0 Å². The fraction of sp³-hybridized carbons (Fsp3) is 0.800. The molecule has 0 aliphatic carbocycles. The predicted octanol–water partition coefficient (Wildman–Crippen LogP) is 0.541. The van der Waals surface area contributed by atoms with Crippen molar-refractivity contribution in [2.75, 3.05) is 6.67 Å². The van der Waals surface area contributed by atoms with E-state index >= 15 is 0 Å². The molecule has 0 saturated heterocycles. The second-order valence-electron chi connectivity index (χ2n) is 2.01. The number of aliphatic hydroxyl groups is 1. The topological polar surface area (TPSA) is 37.3 Å². The van der Waals surface area contributed by atoms with Crippen LogP contribution in [0.25, 0.3) is 0 Å². The van der Waals surface area contributed by atoms with E-state index in [0.29, 0.717) is 6.92 Å². The van der Waals surface area contributed by atoms with Crippen LogP contribution in [0.5, 0.6) is 0 Å². The minimum absolute atomic E-state index is 0.583. The van der Waals surface area contributed by atoms with Crippen LogP contribution in [0.4, 0.5) is 13.2 Å². The normalized spacial score (nSPS) is 17.0. The number of Topliss-reactive ketones (excluding diaryl/α,β-unsaturated/α-hetero) is 1. The molecule has 0 aromatic heterocycles. The second kappa shape index (κ2) is 3.01. The molecule has 0 fully saturated rings. The summed E-state index contributed by atoms with van der Waals surface area (Å²) in [6.07, 6.45) is -3.24. The van der Waals surface area contributed by atoms with Crippen molar-refractivity contribution >= 4 is 5.78 Å².